The van der Waals surface area contributed by atoms with Crippen LogP contribution in [0.1, 0.15) is 75.3 Å². The summed E-state index contributed by atoms with van der Waals surface area (Å²) < 4.78 is 0. The van der Waals surface area contributed by atoms with Crippen molar-refractivity contribution in [3.63, 3.8) is 0 Å². The van der Waals surface area contributed by atoms with Crippen molar-refractivity contribution in [2.24, 2.45) is 5.92 Å². The lowest BCUT2D eigenvalue weighted by atomic mass is 9.80. The van der Waals surface area contributed by atoms with E-state index in [0.717, 1.165) is 42.4 Å². The lowest BCUT2D eigenvalue weighted by molar-refractivity contribution is -0.136. The molecular weight excluding hydrogens is 304 g/mol. The van der Waals surface area contributed by atoms with Crippen LogP contribution in [0.25, 0.3) is 0 Å². The van der Waals surface area contributed by atoms with Gasteiger partial charge in [0.25, 0.3) is 0 Å². The Bertz CT molecular complexity index is 555. The van der Waals surface area contributed by atoms with Crippen LogP contribution < -0.4 is 0 Å². The predicted octanol–water partition coefficient (Wildman–Crippen LogP) is 5.64. The summed E-state index contributed by atoms with van der Waals surface area (Å²) in [7, 11) is 0. The first-order chi connectivity index (χ1) is 11.2. The molecule has 0 aliphatic heterocycles. The minimum absolute atomic E-state index is 0.303. The van der Waals surface area contributed by atoms with Crippen molar-refractivity contribution in [1.82, 2.24) is 0 Å². The van der Waals surface area contributed by atoms with Crippen molar-refractivity contribution in [3.05, 3.63) is 29.3 Å². The van der Waals surface area contributed by atoms with Crippen molar-refractivity contribution < 1.29 is 9.90 Å². The summed E-state index contributed by atoms with van der Waals surface area (Å²) in [4.78, 5) is 12.7. The molecule has 1 fully saturated rings. The van der Waals surface area contributed by atoms with Gasteiger partial charge in [-0.3, -0.25) is 4.79 Å². The van der Waals surface area contributed by atoms with Gasteiger partial charge in [0.2, 0.25) is 0 Å². The second-order valence-electron chi connectivity index (χ2n) is 7.16. The second kappa shape index (κ2) is 7.74. The van der Waals surface area contributed by atoms with E-state index in [9.17, 15) is 9.90 Å². The van der Waals surface area contributed by atoms with E-state index in [0.29, 0.717) is 0 Å². The standard InChI is InChI=1S/C20H28O2S/c1-2-3-4-9-19(20(21)22)23-16-10-11-18-15(13-16)12-14-7-5-6-8-17(14)18/h10-11,13-14,17,19H,2-9,12H2,1H3,(H,21,22). The minimum Gasteiger partial charge on any atom is -0.480 e. The first kappa shape index (κ1) is 16.9. The molecule has 2 aliphatic rings. The third kappa shape index (κ3) is 3.93. The molecule has 23 heavy (non-hydrogen) atoms. The number of hydrogen-bond acceptors (Lipinski definition) is 2. The molecule has 0 amide bonds. The zero-order valence-corrected chi connectivity index (χ0v) is 14.9. The van der Waals surface area contributed by atoms with Crippen LogP contribution in [0.3, 0.4) is 0 Å². The molecule has 0 radical (unpaired) electrons. The van der Waals surface area contributed by atoms with Crippen molar-refractivity contribution in [1.29, 1.82) is 0 Å². The summed E-state index contributed by atoms with van der Waals surface area (Å²) in [5.74, 6) is 0.955. The highest BCUT2D eigenvalue weighted by molar-refractivity contribution is 8.00. The maximum Gasteiger partial charge on any atom is 0.316 e. The number of aliphatic carboxylic acids is 1. The average Bonchev–Trinajstić information content (AvgIpc) is 2.91. The van der Waals surface area contributed by atoms with Crippen LogP contribution in [0.4, 0.5) is 0 Å². The topological polar surface area (TPSA) is 37.3 Å². The molecule has 1 saturated carbocycles. The number of carbonyl (C=O) groups is 1. The van der Waals surface area contributed by atoms with E-state index in [2.05, 4.69) is 25.1 Å². The first-order valence-electron chi connectivity index (χ1n) is 9.21. The van der Waals surface area contributed by atoms with Gasteiger partial charge >= 0.3 is 5.97 Å². The molecule has 0 saturated heterocycles. The van der Waals surface area contributed by atoms with Gasteiger partial charge in [-0.25, -0.2) is 0 Å². The van der Waals surface area contributed by atoms with Crippen molar-refractivity contribution in [2.45, 2.75) is 80.8 Å². The van der Waals surface area contributed by atoms with Crippen molar-refractivity contribution >= 4 is 17.7 Å². The first-order valence-corrected chi connectivity index (χ1v) is 10.1. The summed E-state index contributed by atoms with van der Waals surface area (Å²) >= 11 is 1.55. The maximum atomic E-state index is 11.5. The maximum absolute atomic E-state index is 11.5. The molecule has 3 heteroatoms. The summed E-state index contributed by atoms with van der Waals surface area (Å²) in [5, 5.41) is 9.17. The number of carboxylic acids is 1. The highest BCUT2D eigenvalue weighted by Gasteiger charge is 2.34. The average molecular weight is 333 g/mol. The largest absolute Gasteiger partial charge is 0.480 e. The van der Waals surface area contributed by atoms with Crippen LogP contribution in [0.5, 0.6) is 0 Å². The highest BCUT2D eigenvalue weighted by Crippen LogP contribution is 2.47. The fraction of sp³-hybridized carbons (Fsp3) is 0.650. The molecule has 3 rings (SSSR count). The molecule has 0 spiro atoms. The molecule has 2 aliphatic carbocycles. The van der Waals surface area contributed by atoms with Gasteiger partial charge in [0, 0.05) is 4.90 Å². The Morgan fingerprint density at radius 2 is 2.13 bits per heavy atom. The third-order valence-corrected chi connectivity index (χ3v) is 6.78. The number of unbranched alkanes of at least 4 members (excludes halogenated alkanes) is 2. The van der Waals surface area contributed by atoms with Gasteiger partial charge in [0.05, 0.1) is 0 Å². The van der Waals surface area contributed by atoms with Gasteiger partial charge in [-0.05, 0) is 60.8 Å². The lowest BCUT2D eigenvalue weighted by Gasteiger charge is -2.25. The van der Waals surface area contributed by atoms with E-state index in [1.807, 2.05) is 0 Å². The fourth-order valence-electron chi connectivity index (χ4n) is 4.31. The zero-order valence-electron chi connectivity index (χ0n) is 14.1. The van der Waals surface area contributed by atoms with Crippen LogP contribution in [-0.2, 0) is 11.2 Å². The molecule has 3 unspecified atom stereocenters. The number of thioether (sulfide) groups is 1. The third-order valence-electron chi connectivity index (χ3n) is 5.53. The smallest absolute Gasteiger partial charge is 0.316 e. The quantitative estimate of drug-likeness (QED) is 0.518. The monoisotopic (exact) mass is 332 g/mol. The van der Waals surface area contributed by atoms with Crippen LogP contribution in [0.15, 0.2) is 23.1 Å². The van der Waals surface area contributed by atoms with E-state index < -0.39 is 5.97 Å². The van der Waals surface area contributed by atoms with E-state index in [4.69, 9.17) is 0 Å². The Balaban J connectivity index is 1.68. The summed E-state index contributed by atoms with van der Waals surface area (Å²) in [6.07, 6.45) is 10.7. The SMILES string of the molecule is CCCCCC(Sc1ccc2c(c1)CC1CCCCC21)C(=O)O. The second-order valence-corrected chi connectivity index (χ2v) is 8.43. The lowest BCUT2D eigenvalue weighted by Crippen LogP contribution is -2.16. The van der Waals surface area contributed by atoms with E-state index in [-0.39, 0.29) is 5.25 Å². The van der Waals surface area contributed by atoms with E-state index in [1.54, 1.807) is 17.3 Å². The van der Waals surface area contributed by atoms with Crippen LogP contribution in [-0.4, -0.2) is 16.3 Å². The molecule has 3 atom stereocenters. The summed E-state index contributed by atoms with van der Waals surface area (Å²) in [5.41, 5.74) is 3.04. The number of benzene rings is 1. The normalized spacial score (nSPS) is 24.0. The Morgan fingerprint density at radius 1 is 1.30 bits per heavy atom. The Kier molecular flexibility index (Phi) is 5.68. The van der Waals surface area contributed by atoms with Gasteiger partial charge in [-0.15, -0.1) is 11.8 Å². The van der Waals surface area contributed by atoms with E-state index in [1.165, 1.54) is 37.7 Å². The van der Waals surface area contributed by atoms with Gasteiger partial charge in [-0.1, -0.05) is 45.1 Å². The molecule has 0 heterocycles. The van der Waals surface area contributed by atoms with Gasteiger partial charge in [-0.2, -0.15) is 0 Å². The molecule has 1 aromatic carbocycles. The summed E-state index contributed by atoms with van der Waals surface area (Å²) in [6, 6.07) is 6.74. The Hall–Kier alpha value is -0.960. The summed E-state index contributed by atoms with van der Waals surface area (Å²) in [6.45, 7) is 2.16. The molecular formula is C20H28O2S. The molecule has 0 bridgehead atoms. The fourth-order valence-corrected chi connectivity index (χ4v) is 5.39. The number of rotatable bonds is 7. The molecule has 126 valence electrons. The number of carboxylic acid groups (broad SMARTS) is 1. The van der Waals surface area contributed by atoms with Gasteiger partial charge in [0.15, 0.2) is 0 Å². The van der Waals surface area contributed by atoms with Crippen molar-refractivity contribution in [2.75, 3.05) is 0 Å². The molecule has 2 nitrogen and oxygen atoms in total. The van der Waals surface area contributed by atoms with Crippen LogP contribution >= 0.6 is 11.8 Å². The minimum atomic E-state index is -0.666. The number of hydrogen-bond donors (Lipinski definition) is 1. The molecule has 0 aromatic heterocycles. The van der Waals surface area contributed by atoms with E-state index >= 15 is 0 Å². The predicted molar refractivity (Wildman–Crippen MR) is 96.3 cm³/mol. The highest BCUT2D eigenvalue weighted by atomic mass is 32.2. The zero-order chi connectivity index (χ0) is 16.2. The molecule has 1 aromatic rings. The van der Waals surface area contributed by atoms with Crippen LogP contribution in [0.2, 0.25) is 0 Å². The van der Waals surface area contributed by atoms with Crippen LogP contribution in [0, 0.1) is 5.92 Å². The van der Waals surface area contributed by atoms with Gasteiger partial charge < -0.3 is 5.11 Å². The Labute approximate surface area is 144 Å². The Morgan fingerprint density at radius 3 is 2.91 bits per heavy atom. The molecule has 1 N–H and O–H groups in total. The van der Waals surface area contributed by atoms with Crippen molar-refractivity contribution in [3.8, 4) is 0 Å². The van der Waals surface area contributed by atoms with Gasteiger partial charge in [0.1, 0.15) is 5.25 Å². The number of fused-ring (bicyclic) bond motifs is 3.